The minimum Gasteiger partial charge on any atom is -1.00 e. The van der Waals surface area contributed by atoms with Gasteiger partial charge >= 0.3 is 76.7 Å². The number of halogens is 2. The van der Waals surface area contributed by atoms with Gasteiger partial charge in [-0.2, -0.15) is 46.5 Å². The van der Waals surface area contributed by atoms with Crippen LogP contribution in [0, 0.1) is 33.8 Å². The molecule has 41 heavy (non-hydrogen) atoms. The van der Waals surface area contributed by atoms with Crippen molar-refractivity contribution in [1.82, 2.24) is 0 Å². The number of fused-ring (bicyclic) bond motifs is 3. The molecule has 0 saturated carbocycles. The summed E-state index contributed by atoms with van der Waals surface area (Å²) in [5.74, 6) is 0. The summed E-state index contributed by atoms with van der Waals surface area (Å²) in [4.78, 5) is 0. The number of rotatable bonds is 1. The molecule has 0 radical (unpaired) electrons. The van der Waals surface area contributed by atoms with Crippen LogP contribution in [-0.4, -0.2) is 3.21 Å². The van der Waals surface area contributed by atoms with Gasteiger partial charge in [0.05, 0.1) is 0 Å². The minimum atomic E-state index is 0. The molecular weight excluding hydrogens is 619 g/mol. The predicted octanol–water partition coefficient (Wildman–Crippen LogP) is 4.07. The van der Waals surface area contributed by atoms with Gasteiger partial charge in [-0.1, -0.05) is 86.1 Å². The summed E-state index contributed by atoms with van der Waals surface area (Å²) in [6.45, 7) is 24.3. The monoisotopic (exact) mass is 662 g/mol. The van der Waals surface area contributed by atoms with Crippen molar-refractivity contribution in [3.63, 3.8) is 0 Å². The van der Waals surface area contributed by atoms with Gasteiger partial charge in [0.25, 0.3) is 0 Å². The number of hydrogen-bond donors (Lipinski definition) is 0. The average molecular weight is 665 g/mol. The van der Waals surface area contributed by atoms with Crippen LogP contribution in [0.5, 0.6) is 0 Å². The number of hydrogen-bond acceptors (Lipinski definition) is 0. The number of benzene rings is 3. The molecule has 0 aliphatic heterocycles. The topological polar surface area (TPSA) is 0 Å². The van der Waals surface area contributed by atoms with E-state index in [0.717, 1.165) is 6.42 Å². The van der Waals surface area contributed by atoms with E-state index in [1.165, 1.54) is 88.6 Å². The molecule has 0 fully saturated rings. The van der Waals surface area contributed by atoms with Gasteiger partial charge in [-0.3, -0.25) is 0 Å². The second-order valence-corrected chi connectivity index (χ2v) is 15.0. The largest absolute Gasteiger partial charge is 1.00 e. The summed E-state index contributed by atoms with van der Waals surface area (Å²) in [5.41, 5.74) is 15.6. The van der Waals surface area contributed by atoms with Crippen LogP contribution in [0.25, 0.3) is 11.1 Å². The summed E-state index contributed by atoms with van der Waals surface area (Å²) in [5, 5.41) is 0. The average Bonchev–Trinajstić information content (AvgIpc) is 3.35. The van der Waals surface area contributed by atoms with E-state index in [1.807, 2.05) is 0 Å². The van der Waals surface area contributed by atoms with Gasteiger partial charge in [0.15, 0.2) is 0 Å². The van der Waals surface area contributed by atoms with Gasteiger partial charge in [-0.25, -0.2) is 6.07 Å². The maximum absolute atomic E-state index is 3.67. The fourth-order valence-electron chi connectivity index (χ4n) is 4.78. The molecule has 0 atom stereocenters. The van der Waals surface area contributed by atoms with Crippen LogP contribution >= 0.6 is 0 Å². The van der Waals surface area contributed by atoms with Gasteiger partial charge in [0.2, 0.25) is 0 Å². The summed E-state index contributed by atoms with van der Waals surface area (Å²) in [7, 11) is 0. The van der Waals surface area contributed by atoms with Gasteiger partial charge in [0.1, 0.15) is 0 Å². The van der Waals surface area contributed by atoms with E-state index in [0.29, 0.717) is 0 Å². The molecule has 0 nitrogen and oxygen atoms in total. The zero-order valence-corrected chi connectivity index (χ0v) is 30.8. The Bertz CT molecular complexity index is 1360. The van der Waals surface area contributed by atoms with Gasteiger partial charge in [0, 0.05) is 0 Å². The fourth-order valence-corrected chi connectivity index (χ4v) is 5.19. The maximum atomic E-state index is 3.67. The third kappa shape index (κ3) is 10.2. The Labute approximate surface area is 277 Å². The molecule has 0 saturated heterocycles. The fraction of sp³-hybridized carbons (Fsp3) is 0.368. The van der Waals surface area contributed by atoms with Crippen molar-refractivity contribution in [1.29, 1.82) is 0 Å². The molecule has 0 bridgehead atoms. The van der Waals surface area contributed by atoms with Gasteiger partial charge in [-0.05, 0) is 28.4 Å². The maximum Gasteiger partial charge on any atom is -0.0632 e. The van der Waals surface area contributed by atoms with Crippen molar-refractivity contribution in [2.75, 3.05) is 0 Å². The first-order valence-corrected chi connectivity index (χ1v) is 15.3. The van der Waals surface area contributed by atoms with Crippen LogP contribution in [0.3, 0.4) is 0 Å². The van der Waals surface area contributed by atoms with Crippen molar-refractivity contribution in [3.05, 3.63) is 123 Å². The Kier molecular flexibility index (Phi) is 13.8. The molecule has 5 rings (SSSR count). The molecular formula is C38H46Cl2Zr-2. The van der Waals surface area contributed by atoms with Gasteiger partial charge in [-0.15, -0.1) is 11.1 Å². The first-order chi connectivity index (χ1) is 18.1. The van der Waals surface area contributed by atoms with Crippen LogP contribution in [0.2, 0.25) is 0 Å². The Hall–Kier alpha value is -1.66. The molecule has 0 N–H and O–H groups in total. The summed E-state index contributed by atoms with van der Waals surface area (Å²) in [6, 6.07) is 28.2. The third-order valence-corrected chi connectivity index (χ3v) is 8.17. The van der Waals surface area contributed by atoms with E-state index >= 15 is 0 Å². The Morgan fingerprint density at radius 1 is 0.756 bits per heavy atom. The van der Waals surface area contributed by atoms with E-state index in [9.17, 15) is 0 Å². The molecule has 3 heteroatoms. The zero-order valence-electron chi connectivity index (χ0n) is 26.8. The van der Waals surface area contributed by atoms with Crippen LogP contribution in [0.4, 0.5) is 0 Å². The van der Waals surface area contributed by atoms with Crippen molar-refractivity contribution in [2.45, 2.75) is 93.4 Å². The molecule has 4 aromatic rings. The Balaban J connectivity index is 0.000000352. The zero-order chi connectivity index (χ0) is 29.1. The first kappa shape index (κ1) is 37.4. The molecule has 0 aromatic heterocycles. The number of aryl methyl sites for hydroxylation is 4. The molecule has 0 unspecified atom stereocenters. The van der Waals surface area contributed by atoms with Crippen LogP contribution in [0.1, 0.15) is 98.5 Å². The standard InChI is InChI=1S/C21H25.C9H10.C8H11.2ClH.Zr/c1-20(2,3)16-7-9-18-14(12-16)11-15-13-17(21(4,5)6)8-10-19(15)18;1-3-9-6-4-8(2)5-7-9;1-6-4-7(2)8(3)5-6;;;/h7-10,12H,11H2,1-6H3;4-7H,1-2H3;4-5H,1-3H3;2*1H;/q-1;;-1;;;+2/p-2. The minimum absolute atomic E-state index is 0. The smallest absolute Gasteiger partial charge is 0.0632 e. The summed E-state index contributed by atoms with van der Waals surface area (Å²) in [6.07, 6.45) is 1.03. The van der Waals surface area contributed by atoms with Crippen molar-refractivity contribution >= 4 is 3.21 Å². The van der Waals surface area contributed by atoms with E-state index in [2.05, 4.69) is 149 Å². The van der Waals surface area contributed by atoms with Crippen LogP contribution < -0.4 is 24.8 Å². The van der Waals surface area contributed by atoms with E-state index in [4.69, 9.17) is 0 Å². The normalized spacial score (nSPS) is 11.4. The van der Waals surface area contributed by atoms with Crippen LogP contribution in [0.15, 0.2) is 66.7 Å². The summed E-state index contributed by atoms with van der Waals surface area (Å²) < 4.78 is 1.46. The SMILES string of the molecule is CC(C)(C)c1[c-]c2c(cc1)-c1ccc(C(C)(C)C)cc1C2.C[C](=[Zr+2])c1ccc(C)cc1.Cc1cc(C)c(C)[cH-]1.[Cl-].[Cl-]. The van der Waals surface area contributed by atoms with Crippen LogP contribution in [-0.2, 0) is 41.5 Å². The van der Waals surface area contributed by atoms with E-state index in [-0.39, 0.29) is 35.6 Å². The molecule has 1 aliphatic carbocycles. The van der Waals surface area contributed by atoms with Crippen molar-refractivity contribution in [2.24, 2.45) is 0 Å². The second-order valence-electron chi connectivity index (χ2n) is 13.2. The predicted molar refractivity (Wildman–Crippen MR) is 168 cm³/mol. The molecule has 0 spiro atoms. The quantitative estimate of drug-likeness (QED) is 0.237. The Morgan fingerprint density at radius 3 is 1.78 bits per heavy atom. The van der Waals surface area contributed by atoms with Crippen molar-refractivity contribution < 1.29 is 49.0 Å². The van der Waals surface area contributed by atoms with Crippen molar-refractivity contribution in [3.8, 4) is 11.1 Å². The molecule has 1 aliphatic rings. The second kappa shape index (κ2) is 15.2. The molecule has 218 valence electrons. The molecule has 4 aromatic carbocycles. The van der Waals surface area contributed by atoms with E-state index < -0.39 is 0 Å². The molecule has 0 heterocycles. The Morgan fingerprint density at radius 2 is 1.34 bits per heavy atom. The summed E-state index contributed by atoms with van der Waals surface area (Å²) >= 11 is 1.51. The third-order valence-electron chi connectivity index (χ3n) is 7.46. The molecule has 0 amide bonds. The van der Waals surface area contributed by atoms with E-state index in [1.54, 1.807) is 0 Å². The van der Waals surface area contributed by atoms with Gasteiger partial charge < -0.3 is 24.8 Å². The first-order valence-electron chi connectivity index (χ1n) is 14.1.